The summed E-state index contributed by atoms with van der Waals surface area (Å²) in [5.41, 5.74) is 1.29. The molecule has 15 heavy (non-hydrogen) atoms. The van der Waals surface area contributed by atoms with Gasteiger partial charge in [0, 0.05) is 19.4 Å². The Hall–Kier alpha value is -0.380. The van der Waals surface area contributed by atoms with Gasteiger partial charge in [0.1, 0.15) is 0 Å². The van der Waals surface area contributed by atoms with E-state index in [0.29, 0.717) is 0 Å². The van der Waals surface area contributed by atoms with Gasteiger partial charge in [-0.1, -0.05) is 18.1 Å². The van der Waals surface area contributed by atoms with E-state index in [1.54, 1.807) is 7.11 Å². The Kier molecular flexibility index (Phi) is 4.77. The van der Waals surface area contributed by atoms with Gasteiger partial charge >= 0.3 is 0 Å². The van der Waals surface area contributed by atoms with Crippen LogP contribution in [0.5, 0.6) is 0 Å². The normalized spacial score (nSPS) is 31.3. The van der Waals surface area contributed by atoms with Crippen LogP contribution in [0.2, 0.25) is 0 Å². The standard InChI is InChI=1S/C12H22O3/c1-10(2)7-8-11-6-4-5-9-12(11,14-3)15-13/h7,11,13H,4-6,8-9H2,1-3H3. The monoisotopic (exact) mass is 214 g/mol. The topological polar surface area (TPSA) is 38.7 Å². The second kappa shape index (κ2) is 5.64. The van der Waals surface area contributed by atoms with Crippen molar-refractivity contribution in [2.45, 2.75) is 51.7 Å². The van der Waals surface area contributed by atoms with Gasteiger partial charge in [-0.15, -0.1) is 0 Å². The fraction of sp³-hybridized carbons (Fsp3) is 0.833. The molecule has 2 atom stereocenters. The summed E-state index contributed by atoms with van der Waals surface area (Å²) in [7, 11) is 1.61. The largest absolute Gasteiger partial charge is 0.350 e. The number of rotatable bonds is 4. The summed E-state index contributed by atoms with van der Waals surface area (Å²) in [6.07, 6.45) is 7.18. The first-order valence-corrected chi connectivity index (χ1v) is 5.65. The second-order valence-electron chi connectivity index (χ2n) is 4.57. The Morgan fingerprint density at radius 2 is 2.20 bits per heavy atom. The Labute approximate surface area is 92.0 Å². The van der Waals surface area contributed by atoms with Crippen LogP contribution in [0, 0.1) is 5.92 Å². The third-order valence-electron chi connectivity index (χ3n) is 3.26. The van der Waals surface area contributed by atoms with E-state index in [2.05, 4.69) is 24.8 Å². The van der Waals surface area contributed by atoms with E-state index < -0.39 is 5.79 Å². The molecular weight excluding hydrogens is 192 g/mol. The predicted molar refractivity (Wildman–Crippen MR) is 59.5 cm³/mol. The van der Waals surface area contributed by atoms with Crippen LogP contribution in [0.25, 0.3) is 0 Å². The van der Waals surface area contributed by atoms with Crippen molar-refractivity contribution < 1.29 is 14.9 Å². The summed E-state index contributed by atoms with van der Waals surface area (Å²) in [6.45, 7) is 4.16. The molecule has 3 nitrogen and oxygen atoms in total. The summed E-state index contributed by atoms with van der Waals surface area (Å²) >= 11 is 0. The second-order valence-corrected chi connectivity index (χ2v) is 4.57. The maximum Gasteiger partial charge on any atom is 0.204 e. The van der Waals surface area contributed by atoms with Crippen molar-refractivity contribution >= 4 is 0 Å². The first-order valence-electron chi connectivity index (χ1n) is 5.65. The summed E-state index contributed by atoms with van der Waals surface area (Å²) < 4.78 is 5.37. The molecule has 0 spiro atoms. The zero-order valence-electron chi connectivity index (χ0n) is 9.95. The van der Waals surface area contributed by atoms with Gasteiger partial charge in [-0.3, -0.25) is 0 Å². The number of methoxy groups -OCH3 is 1. The third kappa shape index (κ3) is 3.03. The number of hydrogen-bond donors (Lipinski definition) is 1. The number of ether oxygens (including phenoxy) is 1. The molecule has 0 aromatic rings. The van der Waals surface area contributed by atoms with Crippen LogP contribution in [-0.2, 0) is 9.62 Å². The maximum absolute atomic E-state index is 9.03. The van der Waals surface area contributed by atoms with E-state index in [1.807, 2.05) is 0 Å². The van der Waals surface area contributed by atoms with E-state index in [0.717, 1.165) is 25.7 Å². The van der Waals surface area contributed by atoms with E-state index in [9.17, 15) is 0 Å². The lowest BCUT2D eigenvalue weighted by Gasteiger charge is -2.39. The van der Waals surface area contributed by atoms with Crippen LogP contribution < -0.4 is 0 Å². The Morgan fingerprint density at radius 1 is 1.47 bits per heavy atom. The summed E-state index contributed by atoms with van der Waals surface area (Å²) in [4.78, 5) is 4.62. The number of allylic oxidation sites excluding steroid dienone is 2. The molecule has 0 bridgehead atoms. The van der Waals surface area contributed by atoms with Crippen molar-refractivity contribution in [1.82, 2.24) is 0 Å². The van der Waals surface area contributed by atoms with Gasteiger partial charge in [0.2, 0.25) is 5.79 Å². The minimum absolute atomic E-state index is 0.260. The highest BCUT2D eigenvalue weighted by Gasteiger charge is 2.42. The van der Waals surface area contributed by atoms with E-state index in [4.69, 9.17) is 9.99 Å². The van der Waals surface area contributed by atoms with Gasteiger partial charge in [-0.05, 0) is 33.1 Å². The lowest BCUT2D eigenvalue weighted by molar-refractivity contribution is -0.421. The molecule has 1 saturated carbocycles. The predicted octanol–water partition coefficient (Wildman–Crippen LogP) is 3.37. The minimum Gasteiger partial charge on any atom is -0.350 e. The Morgan fingerprint density at radius 3 is 2.73 bits per heavy atom. The van der Waals surface area contributed by atoms with E-state index in [-0.39, 0.29) is 5.92 Å². The van der Waals surface area contributed by atoms with Crippen molar-refractivity contribution in [2.24, 2.45) is 5.92 Å². The van der Waals surface area contributed by atoms with Gasteiger partial charge in [-0.2, -0.15) is 0 Å². The molecule has 0 amide bonds. The van der Waals surface area contributed by atoms with Crippen LogP contribution in [-0.4, -0.2) is 18.2 Å². The molecule has 0 aliphatic heterocycles. The SMILES string of the molecule is COC1(OO)CCCCC1CC=C(C)C. The van der Waals surface area contributed by atoms with Crippen LogP contribution in [0.4, 0.5) is 0 Å². The average molecular weight is 214 g/mol. The highest BCUT2D eigenvalue weighted by Crippen LogP contribution is 2.39. The summed E-state index contributed by atoms with van der Waals surface area (Å²) in [5, 5.41) is 9.03. The molecule has 0 aromatic carbocycles. The molecule has 3 heteroatoms. The highest BCUT2D eigenvalue weighted by molar-refractivity contribution is 4.97. The van der Waals surface area contributed by atoms with Crippen LogP contribution in [0.15, 0.2) is 11.6 Å². The molecule has 0 saturated heterocycles. The molecular formula is C12H22O3. The molecule has 1 rings (SSSR count). The zero-order chi connectivity index (χ0) is 11.3. The van der Waals surface area contributed by atoms with Crippen LogP contribution in [0.3, 0.4) is 0 Å². The van der Waals surface area contributed by atoms with Gasteiger partial charge in [0.15, 0.2) is 0 Å². The van der Waals surface area contributed by atoms with Crippen molar-refractivity contribution in [3.8, 4) is 0 Å². The summed E-state index contributed by atoms with van der Waals surface area (Å²) in [6, 6.07) is 0. The molecule has 1 fully saturated rings. The summed E-state index contributed by atoms with van der Waals surface area (Å²) in [5.74, 6) is -0.513. The minimum atomic E-state index is -0.774. The smallest absolute Gasteiger partial charge is 0.204 e. The van der Waals surface area contributed by atoms with Gasteiger partial charge in [0.05, 0.1) is 0 Å². The molecule has 0 heterocycles. The lowest BCUT2D eigenvalue weighted by atomic mass is 9.81. The quantitative estimate of drug-likeness (QED) is 0.337. The van der Waals surface area contributed by atoms with Gasteiger partial charge in [-0.25, -0.2) is 10.1 Å². The van der Waals surface area contributed by atoms with Crippen molar-refractivity contribution in [3.63, 3.8) is 0 Å². The molecule has 1 N–H and O–H groups in total. The van der Waals surface area contributed by atoms with Crippen LogP contribution >= 0.6 is 0 Å². The highest BCUT2D eigenvalue weighted by atomic mass is 17.1. The van der Waals surface area contributed by atoms with Crippen molar-refractivity contribution in [2.75, 3.05) is 7.11 Å². The Balaban J connectivity index is 2.68. The van der Waals surface area contributed by atoms with Crippen molar-refractivity contribution in [3.05, 3.63) is 11.6 Å². The fourth-order valence-corrected chi connectivity index (χ4v) is 2.29. The molecule has 2 unspecified atom stereocenters. The molecule has 0 radical (unpaired) electrons. The molecule has 1 aliphatic rings. The first-order chi connectivity index (χ1) is 7.14. The van der Waals surface area contributed by atoms with E-state index >= 15 is 0 Å². The van der Waals surface area contributed by atoms with E-state index in [1.165, 1.54) is 12.0 Å². The number of hydrogen-bond acceptors (Lipinski definition) is 3. The maximum atomic E-state index is 9.03. The fourth-order valence-electron chi connectivity index (χ4n) is 2.29. The van der Waals surface area contributed by atoms with Gasteiger partial charge in [0.25, 0.3) is 0 Å². The third-order valence-corrected chi connectivity index (χ3v) is 3.26. The molecule has 88 valence electrons. The lowest BCUT2D eigenvalue weighted by Crippen LogP contribution is -2.44. The van der Waals surface area contributed by atoms with Crippen molar-refractivity contribution in [1.29, 1.82) is 0 Å². The molecule has 1 aliphatic carbocycles. The first kappa shape index (κ1) is 12.7. The molecule has 0 aromatic heterocycles. The zero-order valence-corrected chi connectivity index (χ0v) is 9.95. The average Bonchev–Trinajstić information content (AvgIpc) is 2.26. The Bertz CT molecular complexity index is 215. The van der Waals surface area contributed by atoms with Gasteiger partial charge < -0.3 is 4.74 Å². The van der Waals surface area contributed by atoms with Crippen LogP contribution in [0.1, 0.15) is 46.0 Å².